The number of Topliss-reactive ketones (excluding diaryl/α,β-unsaturated/α-hetero) is 1. The topological polar surface area (TPSA) is 115 Å². The number of carbonyl (C=O) groups excluding carboxylic acids is 3. The first-order valence-electron chi connectivity index (χ1n) is 12.3. The smallest absolute Gasteiger partial charge is 0.350 e. The van der Waals surface area contributed by atoms with Gasteiger partial charge in [0.15, 0.2) is 5.13 Å². The number of hydrogen-bond donors (Lipinski definition) is 1. The van der Waals surface area contributed by atoms with Gasteiger partial charge in [0.05, 0.1) is 30.5 Å². The number of esters is 1. The van der Waals surface area contributed by atoms with E-state index in [1.165, 1.54) is 11.0 Å². The summed E-state index contributed by atoms with van der Waals surface area (Å²) in [5.41, 5.74) is 1.10. The SMILES string of the molecule is C=CCOC(=O)c1sc(N2C(=O)C(=O)/C(=C(/O)c3cccc(OCC)c3)C2c2ccc(OCC)cc2)nc1C. The van der Waals surface area contributed by atoms with Crippen LogP contribution in [-0.2, 0) is 14.3 Å². The van der Waals surface area contributed by atoms with Crippen LogP contribution in [0.4, 0.5) is 5.13 Å². The van der Waals surface area contributed by atoms with Gasteiger partial charge in [0.25, 0.3) is 5.78 Å². The van der Waals surface area contributed by atoms with Crippen LogP contribution in [0.3, 0.4) is 0 Å². The Hall–Kier alpha value is -4.44. The van der Waals surface area contributed by atoms with Gasteiger partial charge < -0.3 is 19.3 Å². The molecule has 1 aliphatic rings. The van der Waals surface area contributed by atoms with E-state index < -0.39 is 23.7 Å². The number of hydrogen-bond acceptors (Lipinski definition) is 9. The van der Waals surface area contributed by atoms with Crippen molar-refractivity contribution in [2.45, 2.75) is 26.8 Å². The Morgan fingerprint density at radius 1 is 1.10 bits per heavy atom. The van der Waals surface area contributed by atoms with Crippen molar-refractivity contribution in [3.05, 3.63) is 88.5 Å². The zero-order valence-corrected chi connectivity index (χ0v) is 22.6. The molecule has 9 nitrogen and oxygen atoms in total. The van der Waals surface area contributed by atoms with Crippen LogP contribution in [0, 0.1) is 6.92 Å². The number of ketones is 1. The minimum absolute atomic E-state index is 0.0169. The number of amides is 1. The molecule has 1 N–H and O–H groups in total. The van der Waals surface area contributed by atoms with Gasteiger partial charge in [-0.3, -0.25) is 14.5 Å². The number of rotatable bonds is 10. The van der Waals surface area contributed by atoms with E-state index in [4.69, 9.17) is 14.2 Å². The highest BCUT2D eigenvalue weighted by molar-refractivity contribution is 7.17. The molecule has 1 atom stereocenters. The van der Waals surface area contributed by atoms with E-state index in [-0.39, 0.29) is 27.9 Å². The first-order valence-corrected chi connectivity index (χ1v) is 13.1. The van der Waals surface area contributed by atoms with Gasteiger partial charge in [0, 0.05) is 5.56 Å². The molecule has 1 fully saturated rings. The fourth-order valence-electron chi connectivity index (χ4n) is 4.19. The van der Waals surface area contributed by atoms with Crippen LogP contribution in [0.2, 0.25) is 0 Å². The number of ether oxygens (including phenoxy) is 3. The molecule has 1 aliphatic heterocycles. The molecule has 10 heteroatoms. The van der Waals surface area contributed by atoms with Crippen molar-refractivity contribution in [1.29, 1.82) is 0 Å². The van der Waals surface area contributed by atoms with Crippen molar-refractivity contribution in [2.24, 2.45) is 0 Å². The quantitative estimate of drug-likeness (QED) is 0.121. The molecule has 0 spiro atoms. The van der Waals surface area contributed by atoms with E-state index in [2.05, 4.69) is 11.6 Å². The Morgan fingerprint density at radius 3 is 2.46 bits per heavy atom. The van der Waals surface area contributed by atoms with Crippen molar-refractivity contribution < 1.29 is 33.7 Å². The van der Waals surface area contributed by atoms with Crippen molar-refractivity contribution >= 4 is 39.9 Å². The fourth-order valence-corrected chi connectivity index (χ4v) is 5.18. The standard InChI is InChI=1S/C29H28N2O7S/c1-5-15-38-28(35)26-17(4)30-29(39-26)31-23(18-11-13-20(14-12-18)36-6-2)22(25(33)27(31)34)24(32)19-9-8-10-21(16-19)37-7-3/h5,8-14,16,23,32H,1,6-7,15H2,2-4H3/b24-22+. The summed E-state index contributed by atoms with van der Waals surface area (Å²) < 4.78 is 16.2. The molecular weight excluding hydrogens is 520 g/mol. The number of nitrogens with zero attached hydrogens (tertiary/aromatic N) is 2. The van der Waals surface area contributed by atoms with Gasteiger partial charge in [-0.05, 0) is 50.6 Å². The molecule has 202 valence electrons. The number of thiazole rings is 1. The monoisotopic (exact) mass is 548 g/mol. The number of aliphatic hydroxyl groups is 1. The van der Waals surface area contributed by atoms with E-state index in [0.717, 1.165) is 11.3 Å². The van der Waals surface area contributed by atoms with E-state index >= 15 is 0 Å². The molecular formula is C29H28N2O7S. The maximum atomic E-state index is 13.5. The number of aromatic nitrogens is 1. The highest BCUT2D eigenvalue weighted by atomic mass is 32.1. The summed E-state index contributed by atoms with van der Waals surface area (Å²) in [6, 6.07) is 12.5. The Labute approximate surface area is 230 Å². The minimum atomic E-state index is -1.01. The van der Waals surface area contributed by atoms with E-state index in [1.54, 1.807) is 55.5 Å². The number of aliphatic hydroxyl groups excluding tert-OH is 1. The average Bonchev–Trinajstić information content (AvgIpc) is 3.44. The maximum absolute atomic E-state index is 13.5. The van der Waals surface area contributed by atoms with Gasteiger partial charge in [0.1, 0.15) is 28.7 Å². The highest BCUT2D eigenvalue weighted by Crippen LogP contribution is 2.44. The number of aryl methyl sites for hydroxylation is 1. The third-order valence-electron chi connectivity index (χ3n) is 5.88. The predicted molar refractivity (Wildman–Crippen MR) is 147 cm³/mol. The lowest BCUT2D eigenvalue weighted by Gasteiger charge is -2.23. The van der Waals surface area contributed by atoms with Crippen LogP contribution in [-0.4, -0.2) is 47.6 Å². The Kier molecular flexibility index (Phi) is 8.46. The first-order chi connectivity index (χ1) is 18.8. The van der Waals surface area contributed by atoms with Gasteiger partial charge in [-0.25, -0.2) is 9.78 Å². The molecule has 1 aromatic heterocycles. The van der Waals surface area contributed by atoms with Gasteiger partial charge in [-0.15, -0.1) is 0 Å². The predicted octanol–water partition coefficient (Wildman–Crippen LogP) is 5.22. The summed E-state index contributed by atoms with van der Waals surface area (Å²) in [7, 11) is 0. The van der Waals surface area contributed by atoms with Crippen LogP contribution >= 0.6 is 11.3 Å². The molecule has 2 aromatic carbocycles. The molecule has 39 heavy (non-hydrogen) atoms. The van der Waals surface area contributed by atoms with E-state index in [1.807, 2.05) is 13.8 Å². The van der Waals surface area contributed by atoms with E-state index in [0.29, 0.717) is 41.5 Å². The lowest BCUT2D eigenvalue weighted by Crippen LogP contribution is -2.29. The molecule has 1 saturated heterocycles. The Morgan fingerprint density at radius 2 is 1.79 bits per heavy atom. The highest BCUT2D eigenvalue weighted by Gasteiger charge is 2.48. The minimum Gasteiger partial charge on any atom is -0.507 e. The molecule has 0 bridgehead atoms. The molecule has 0 saturated carbocycles. The summed E-state index contributed by atoms with van der Waals surface area (Å²) in [4.78, 5) is 45.3. The lowest BCUT2D eigenvalue weighted by atomic mass is 9.95. The van der Waals surface area contributed by atoms with Crippen LogP contribution in [0.15, 0.2) is 66.8 Å². The van der Waals surface area contributed by atoms with Gasteiger partial charge in [-0.2, -0.15) is 0 Å². The second-order valence-electron chi connectivity index (χ2n) is 8.43. The summed E-state index contributed by atoms with van der Waals surface area (Å²) in [6.07, 6.45) is 1.44. The molecule has 4 rings (SSSR count). The lowest BCUT2D eigenvalue weighted by molar-refractivity contribution is -0.132. The Bertz CT molecular complexity index is 1440. The molecule has 0 aliphatic carbocycles. The largest absolute Gasteiger partial charge is 0.507 e. The van der Waals surface area contributed by atoms with Crippen LogP contribution in [0.5, 0.6) is 11.5 Å². The van der Waals surface area contributed by atoms with Crippen LogP contribution < -0.4 is 14.4 Å². The van der Waals surface area contributed by atoms with E-state index in [9.17, 15) is 19.5 Å². The second kappa shape index (κ2) is 12.0. The summed E-state index contributed by atoms with van der Waals surface area (Å²) in [5.74, 6) is -1.60. The van der Waals surface area contributed by atoms with Crippen LogP contribution in [0.1, 0.15) is 46.4 Å². The second-order valence-corrected chi connectivity index (χ2v) is 9.41. The number of carbonyl (C=O) groups is 3. The van der Waals surface area contributed by atoms with Gasteiger partial charge in [0.2, 0.25) is 0 Å². The molecule has 2 heterocycles. The van der Waals surface area contributed by atoms with Gasteiger partial charge >= 0.3 is 11.9 Å². The zero-order chi connectivity index (χ0) is 28.1. The van der Waals surface area contributed by atoms with Crippen LogP contribution in [0.25, 0.3) is 5.76 Å². The third-order valence-corrected chi connectivity index (χ3v) is 7.02. The summed E-state index contributed by atoms with van der Waals surface area (Å²) in [5, 5.41) is 11.5. The van der Waals surface area contributed by atoms with Gasteiger partial charge in [-0.1, -0.05) is 48.3 Å². The molecule has 1 amide bonds. The van der Waals surface area contributed by atoms with Crippen molar-refractivity contribution in [2.75, 3.05) is 24.7 Å². The third kappa shape index (κ3) is 5.56. The maximum Gasteiger partial charge on any atom is 0.350 e. The summed E-state index contributed by atoms with van der Waals surface area (Å²) in [6.45, 7) is 9.76. The average molecular weight is 549 g/mol. The molecule has 1 unspecified atom stereocenters. The fraction of sp³-hybridized carbons (Fsp3) is 0.241. The first kappa shape index (κ1) is 27.6. The van der Waals surface area contributed by atoms with Crippen molar-refractivity contribution in [3.8, 4) is 11.5 Å². The number of anilines is 1. The molecule has 0 radical (unpaired) electrons. The zero-order valence-electron chi connectivity index (χ0n) is 21.8. The van der Waals surface area contributed by atoms with Crippen molar-refractivity contribution in [3.63, 3.8) is 0 Å². The normalized spacial score (nSPS) is 16.3. The van der Waals surface area contributed by atoms with Crippen molar-refractivity contribution in [1.82, 2.24) is 4.98 Å². The summed E-state index contributed by atoms with van der Waals surface area (Å²) >= 11 is 0.933. The number of benzene rings is 2. The Balaban J connectivity index is 1.87. The molecule has 3 aromatic rings.